The summed E-state index contributed by atoms with van der Waals surface area (Å²) in [6.45, 7) is 0.0522. The minimum atomic E-state index is -0.739. The molecule has 0 fully saturated rings. The summed E-state index contributed by atoms with van der Waals surface area (Å²) in [4.78, 5) is 26.0. The number of imide groups is 1. The van der Waals surface area contributed by atoms with Crippen molar-refractivity contribution in [3.63, 3.8) is 0 Å². The van der Waals surface area contributed by atoms with Gasteiger partial charge >= 0.3 is 0 Å². The monoisotopic (exact) mass is 393 g/mol. The first-order chi connectivity index (χ1) is 14.0. The third kappa shape index (κ3) is 3.79. The number of carbonyl (C=O) groups excluding carboxylic acids is 2. The van der Waals surface area contributed by atoms with Gasteiger partial charge in [0.05, 0.1) is 24.3 Å². The fourth-order valence-electron chi connectivity index (χ4n) is 3.43. The number of hydrogen-bond donors (Lipinski definition) is 0. The minimum absolute atomic E-state index is 0.0170. The molecule has 3 aromatic rings. The molecule has 1 heterocycles. The molecule has 4 nitrogen and oxygen atoms in total. The van der Waals surface area contributed by atoms with Crippen LogP contribution in [-0.2, 0) is 4.74 Å². The van der Waals surface area contributed by atoms with Gasteiger partial charge in [-0.25, -0.2) is 8.78 Å². The number of carbonyl (C=O) groups is 2. The maximum absolute atomic E-state index is 13.7. The van der Waals surface area contributed by atoms with Gasteiger partial charge in [0.15, 0.2) is 0 Å². The number of ether oxygens (including phenoxy) is 1. The molecular weight excluding hydrogens is 376 g/mol. The lowest BCUT2D eigenvalue weighted by Gasteiger charge is -2.21. The molecule has 6 heteroatoms. The Morgan fingerprint density at radius 1 is 0.759 bits per heavy atom. The highest BCUT2D eigenvalue weighted by molar-refractivity contribution is 6.21. The maximum Gasteiger partial charge on any atom is 0.261 e. The molecule has 0 radical (unpaired) electrons. The smallest absolute Gasteiger partial charge is 0.261 e. The van der Waals surface area contributed by atoms with E-state index in [-0.39, 0.29) is 25.0 Å². The summed E-state index contributed by atoms with van der Waals surface area (Å²) >= 11 is 0. The quantitative estimate of drug-likeness (QED) is 0.585. The maximum atomic E-state index is 13.7. The van der Waals surface area contributed by atoms with Crippen molar-refractivity contribution in [3.8, 4) is 0 Å². The van der Waals surface area contributed by atoms with E-state index in [1.807, 2.05) is 0 Å². The fraction of sp³-hybridized carbons (Fsp3) is 0.130. The SMILES string of the molecule is O=C1c2ccccc2C(=O)N1CCOC(c1cccc(F)c1)c1cccc(F)c1. The van der Waals surface area contributed by atoms with Crippen molar-refractivity contribution in [3.05, 3.63) is 107 Å². The molecule has 0 spiro atoms. The molecule has 1 aliphatic heterocycles. The second kappa shape index (κ2) is 7.93. The summed E-state index contributed by atoms with van der Waals surface area (Å²) in [5, 5.41) is 0. The Labute approximate surface area is 166 Å². The fourth-order valence-corrected chi connectivity index (χ4v) is 3.43. The molecular formula is C23H17F2NO3. The number of amides is 2. The summed E-state index contributed by atoms with van der Waals surface area (Å²) in [6, 6.07) is 18.3. The van der Waals surface area contributed by atoms with Crippen LogP contribution in [-0.4, -0.2) is 29.9 Å². The van der Waals surface area contributed by atoms with Gasteiger partial charge in [0.1, 0.15) is 17.7 Å². The third-order valence-corrected chi connectivity index (χ3v) is 4.78. The van der Waals surface area contributed by atoms with Crippen LogP contribution < -0.4 is 0 Å². The number of benzene rings is 3. The molecule has 0 unspecified atom stereocenters. The molecule has 0 atom stereocenters. The Morgan fingerprint density at radius 2 is 1.28 bits per heavy atom. The zero-order valence-corrected chi connectivity index (χ0v) is 15.3. The van der Waals surface area contributed by atoms with Crippen molar-refractivity contribution in [2.24, 2.45) is 0 Å². The van der Waals surface area contributed by atoms with E-state index in [2.05, 4.69) is 0 Å². The Bertz CT molecular complexity index is 1000. The van der Waals surface area contributed by atoms with Crippen molar-refractivity contribution >= 4 is 11.8 Å². The van der Waals surface area contributed by atoms with Crippen molar-refractivity contribution in [1.29, 1.82) is 0 Å². The third-order valence-electron chi connectivity index (χ3n) is 4.78. The molecule has 0 saturated heterocycles. The first-order valence-electron chi connectivity index (χ1n) is 9.12. The Balaban J connectivity index is 1.52. The average Bonchev–Trinajstić information content (AvgIpc) is 2.96. The topological polar surface area (TPSA) is 46.6 Å². The van der Waals surface area contributed by atoms with Gasteiger partial charge in [-0.3, -0.25) is 14.5 Å². The van der Waals surface area contributed by atoms with Gasteiger partial charge in [0.2, 0.25) is 0 Å². The van der Waals surface area contributed by atoms with Gasteiger partial charge in [-0.2, -0.15) is 0 Å². The Kier molecular flexibility index (Phi) is 5.18. The van der Waals surface area contributed by atoms with E-state index >= 15 is 0 Å². The lowest BCUT2D eigenvalue weighted by molar-refractivity contribution is 0.0452. The molecule has 1 aliphatic rings. The summed E-state index contributed by atoms with van der Waals surface area (Å²) in [6.07, 6.45) is -0.739. The standard InChI is InChI=1S/C23H17F2NO3/c24-17-7-3-5-15(13-17)21(16-6-4-8-18(25)14-16)29-12-11-26-22(27)19-9-1-2-10-20(19)23(26)28/h1-10,13-14,21H,11-12H2. The zero-order valence-electron chi connectivity index (χ0n) is 15.3. The van der Waals surface area contributed by atoms with E-state index in [1.165, 1.54) is 24.3 Å². The average molecular weight is 393 g/mol. The highest BCUT2D eigenvalue weighted by Gasteiger charge is 2.34. The van der Waals surface area contributed by atoms with Gasteiger partial charge < -0.3 is 4.74 Å². The Hall–Kier alpha value is -3.38. The number of halogens is 2. The van der Waals surface area contributed by atoms with Crippen LogP contribution in [0.2, 0.25) is 0 Å². The van der Waals surface area contributed by atoms with E-state index in [1.54, 1.807) is 48.5 Å². The van der Waals surface area contributed by atoms with Gasteiger partial charge in [0.25, 0.3) is 11.8 Å². The van der Waals surface area contributed by atoms with Gasteiger partial charge in [-0.1, -0.05) is 36.4 Å². The van der Waals surface area contributed by atoms with Crippen molar-refractivity contribution in [1.82, 2.24) is 4.90 Å². The zero-order chi connectivity index (χ0) is 20.4. The molecule has 0 aromatic heterocycles. The van der Waals surface area contributed by atoms with Crippen LogP contribution in [0.3, 0.4) is 0 Å². The first-order valence-corrected chi connectivity index (χ1v) is 9.12. The summed E-state index contributed by atoms with van der Waals surface area (Å²) < 4.78 is 33.3. The molecule has 2 amide bonds. The van der Waals surface area contributed by atoms with E-state index in [0.717, 1.165) is 4.90 Å². The van der Waals surface area contributed by atoms with E-state index in [4.69, 9.17) is 4.74 Å². The van der Waals surface area contributed by atoms with Gasteiger partial charge in [0, 0.05) is 0 Å². The molecule has 0 bridgehead atoms. The van der Waals surface area contributed by atoms with Crippen LogP contribution in [0, 0.1) is 11.6 Å². The summed E-state index contributed by atoms with van der Waals surface area (Å²) in [5.74, 6) is -1.62. The predicted molar refractivity (Wildman–Crippen MR) is 102 cm³/mol. The predicted octanol–water partition coefficient (Wildman–Crippen LogP) is 4.37. The van der Waals surface area contributed by atoms with Crippen LogP contribution in [0.25, 0.3) is 0 Å². The van der Waals surface area contributed by atoms with E-state index in [9.17, 15) is 18.4 Å². The number of hydrogen-bond acceptors (Lipinski definition) is 3. The molecule has 4 rings (SSSR count). The molecule has 0 saturated carbocycles. The lowest BCUT2D eigenvalue weighted by atomic mass is 10.0. The second-order valence-corrected chi connectivity index (χ2v) is 6.67. The van der Waals surface area contributed by atoms with E-state index < -0.39 is 17.7 Å². The van der Waals surface area contributed by atoms with Gasteiger partial charge in [-0.05, 0) is 47.5 Å². The highest BCUT2D eigenvalue weighted by atomic mass is 19.1. The van der Waals surface area contributed by atoms with Crippen LogP contribution in [0.15, 0.2) is 72.8 Å². The van der Waals surface area contributed by atoms with Crippen LogP contribution in [0.4, 0.5) is 8.78 Å². The van der Waals surface area contributed by atoms with Crippen molar-refractivity contribution in [2.45, 2.75) is 6.10 Å². The molecule has 3 aromatic carbocycles. The molecule has 146 valence electrons. The Morgan fingerprint density at radius 3 is 1.76 bits per heavy atom. The highest BCUT2D eigenvalue weighted by Crippen LogP contribution is 2.28. The number of fused-ring (bicyclic) bond motifs is 1. The molecule has 0 aliphatic carbocycles. The van der Waals surface area contributed by atoms with Crippen molar-refractivity contribution in [2.75, 3.05) is 13.2 Å². The largest absolute Gasteiger partial charge is 0.367 e. The van der Waals surface area contributed by atoms with Crippen LogP contribution >= 0.6 is 0 Å². The molecule has 0 N–H and O–H groups in total. The summed E-state index contributed by atoms with van der Waals surface area (Å²) in [7, 11) is 0. The number of rotatable bonds is 6. The van der Waals surface area contributed by atoms with Crippen LogP contribution in [0.1, 0.15) is 37.9 Å². The first kappa shape index (κ1) is 19.0. The normalized spacial score (nSPS) is 13.3. The van der Waals surface area contributed by atoms with Gasteiger partial charge in [-0.15, -0.1) is 0 Å². The minimum Gasteiger partial charge on any atom is -0.367 e. The second-order valence-electron chi connectivity index (χ2n) is 6.67. The number of nitrogens with zero attached hydrogens (tertiary/aromatic N) is 1. The van der Waals surface area contributed by atoms with E-state index in [0.29, 0.717) is 22.3 Å². The van der Waals surface area contributed by atoms with Crippen LogP contribution in [0.5, 0.6) is 0 Å². The molecule has 29 heavy (non-hydrogen) atoms. The van der Waals surface area contributed by atoms with Crippen molar-refractivity contribution < 1.29 is 23.1 Å². The lowest BCUT2D eigenvalue weighted by Crippen LogP contribution is -2.33. The summed E-state index contributed by atoms with van der Waals surface area (Å²) in [5.41, 5.74) is 1.75.